The van der Waals surface area contributed by atoms with Crippen LogP contribution in [-0.2, 0) is 6.54 Å². The van der Waals surface area contributed by atoms with Crippen molar-refractivity contribution in [1.82, 2.24) is 10.2 Å². The van der Waals surface area contributed by atoms with Gasteiger partial charge in [0.05, 0.1) is 5.02 Å². The molecule has 1 fully saturated rings. The third kappa shape index (κ3) is 3.44. The maximum atomic E-state index is 13.4. The summed E-state index contributed by atoms with van der Waals surface area (Å²) in [6.45, 7) is 6.15. The van der Waals surface area contributed by atoms with Crippen molar-refractivity contribution < 1.29 is 4.39 Å². The van der Waals surface area contributed by atoms with Crippen LogP contribution < -0.4 is 5.32 Å². The van der Waals surface area contributed by atoms with E-state index in [1.807, 2.05) is 6.07 Å². The first-order valence-corrected chi connectivity index (χ1v) is 6.97. The average Bonchev–Trinajstić information content (AvgIpc) is 2.87. The minimum Gasteiger partial charge on any atom is -0.315 e. The Morgan fingerprint density at radius 1 is 1.50 bits per heavy atom. The van der Waals surface area contributed by atoms with Crippen LogP contribution in [0.1, 0.15) is 25.3 Å². The predicted molar refractivity (Wildman–Crippen MR) is 73.4 cm³/mol. The molecule has 2 nitrogen and oxygen atoms in total. The maximum Gasteiger partial charge on any atom is 0.142 e. The molecule has 0 bridgehead atoms. The lowest BCUT2D eigenvalue weighted by Crippen LogP contribution is -2.36. The minimum absolute atomic E-state index is 0.198. The summed E-state index contributed by atoms with van der Waals surface area (Å²) in [5.41, 5.74) is 0.997. The molecule has 18 heavy (non-hydrogen) atoms. The fourth-order valence-electron chi connectivity index (χ4n) is 2.50. The van der Waals surface area contributed by atoms with Crippen molar-refractivity contribution in [3.63, 3.8) is 0 Å². The van der Waals surface area contributed by atoms with Crippen molar-refractivity contribution in [2.24, 2.45) is 0 Å². The highest BCUT2D eigenvalue weighted by atomic mass is 35.5. The maximum absolute atomic E-state index is 13.4. The Hall–Kier alpha value is -0.640. The van der Waals surface area contributed by atoms with Gasteiger partial charge in [-0.1, -0.05) is 24.6 Å². The number of rotatable bonds is 5. The molecule has 1 aromatic carbocycles. The smallest absolute Gasteiger partial charge is 0.142 e. The number of nitrogens with zero attached hydrogens (tertiary/aromatic N) is 1. The van der Waals surface area contributed by atoms with Gasteiger partial charge in [-0.15, -0.1) is 0 Å². The van der Waals surface area contributed by atoms with E-state index >= 15 is 0 Å². The highest BCUT2D eigenvalue weighted by molar-refractivity contribution is 6.30. The van der Waals surface area contributed by atoms with E-state index in [2.05, 4.69) is 17.1 Å². The molecule has 0 spiro atoms. The molecule has 100 valence electrons. The molecule has 2 rings (SSSR count). The van der Waals surface area contributed by atoms with E-state index in [0.717, 1.165) is 38.2 Å². The van der Waals surface area contributed by atoms with Crippen molar-refractivity contribution in [3.8, 4) is 0 Å². The Labute approximate surface area is 113 Å². The summed E-state index contributed by atoms with van der Waals surface area (Å²) < 4.78 is 13.4. The van der Waals surface area contributed by atoms with E-state index in [-0.39, 0.29) is 10.8 Å². The van der Waals surface area contributed by atoms with Gasteiger partial charge in [-0.2, -0.15) is 0 Å². The first-order valence-electron chi connectivity index (χ1n) is 6.59. The fourth-order valence-corrected chi connectivity index (χ4v) is 2.62. The lowest BCUT2D eigenvalue weighted by Gasteiger charge is -2.28. The van der Waals surface area contributed by atoms with E-state index < -0.39 is 0 Å². The largest absolute Gasteiger partial charge is 0.315 e. The topological polar surface area (TPSA) is 15.3 Å². The van der Waals surface area contributed by atoms with Crippen LogP contribution in [0.4, 0.5) is 4.39 Å². The van der Waals surface area contributed by atoms with E-state index in [9.17, 15) is 4.39 Å². The molecule has 4 heteroatoms. The van der Waals surface area contributed by atoms with Crippen LogP contribution in [-0.4, -0.2) is 30.6 Å². The van der Waals surface area contributed by atoms with Gasteiger partial charge in [0.2, 0.25) is 0 Å². The standard InChI is InChI=1S/C14H20ClFN2/c1-2-7-18(12-5-6-17-9-12)10-11-3-4-13(15)14(16)8-11/h3-4,8,12,17H,2,5-7,9-10H2,1H3. The van der Waals surface area contributed by atoms with Gasteiger partial charge in [0.1, 0.15) is 5.82 Å². The summed E-state index contributed by atoms with van der Waals surface area (Å²) in [5.74, 6) is -0.324. The van der Waals surface area contributed by atoms with Gasteiger partial charge in [0.15, 0.2) is 0 Å². The van der Waals surface area contributed by atoms with Crippen molar-refractivity contribution in [2.45, 2.75) is 32.4 Å². The first kappa shape index (κ1) is 13.8. The number of nitrogens with one attached hydrogen (secondary N) is 1. The van der Waals surface area contributed by atoms with Crippen LogP contribution >= 0.6 is 11.6 Å². The summed E-state index contributed by atoms with van der Waals surface area (Å²) in [6.07, 6.45) is 2.29. The SMILES string of the molecule is CCCN(Cc1ccc(Cl)c(F)c1)C1CCNC1. The second-order valence-corrected chi connectivity index (χ2v) is 5.27. The quantitative estimate of drug-likeness (QED) is 0.885. The van der Waals surface area contributed by atoms with Crippen LogP contribution in [0.3, 0.4) is 0 Å². The molecular weight excluding hydrogens is 251 g/mol. The van der Waals surface area contributed by atoms with E-state index in [0.29, 0.717) is 6.04 Å². The molecule has 1 aliphatic rings. The molecule has 0 aliphatic carbocycles. The Morgan fingerprint density at radius 3 is 2.94 bits per heavy atom. The minimum atomic E-state index is -0.324. The monoisotopic (exact) mass is 270 g/mol. The molecule has 1 aliphatic heterocycles. The van der Waals surface area contributed by atoms with E-state index in [1.165, 1.54) is 6.42 Å². The fraction of sp³-hybridized carbons (Fsp3) is 0.571. The molecule has 0 amide bonds. The lowest BCUT2D eigenvalue weighted by molar-refractivity contribution is 0.199. The summed E-state index contributed by atoms with van der Waals surface area (Å²) in [7, 11) is 0. The van der Waals surface area contributed by atoms with Crippen LogP contribution in [0.5, 0.6) is 0 Å². The number of hydrogen-bond acceptors (Lipinski definition) is 2. The van der Waals surface area contributed by atoms with Crippen molar-refractivity contribution in [3.05, 3.63) is 34.6 Å². The molecular formula is C14H20ClFN2. The van der Waals surface area contributed by atoms with Gasteiger partial charge in [0, 0.05) is 19.1 Å². The van der Waals surface area contributed by atoms with E-state index in [1.54, 1.807) is 12.1 Å². The molecule has 1 saturated heterocycles. The number of halogens is 2. The molecule has 1 unspecified atom stereocenters. The molecule has 1 atom stereocenters. The highest BCUT2D eigenvalue weighted by Crippen LogP contribution is 2.19. The van der Waals surface area contributed by atoms with Crippen molar-refractivity contribution in [2.75, 3.05) is 19.6 Å². The van der Waals surface area contributed by atoms with Gasteiger partial charge in [-0.3, -0.25) is 4.90 Å². The van der Waals surface area contributed by atoms with Gasteiger partial charge in [-0.25, -0.2) is 4.39 Å². The van der Waals surface area contributed by atoms with Crippen molar-refractivity contribution in [1.29, 1.82) is 0 Å². The zero-order valence-electron chi connectivity index (χ0n) is 10.8. The summed E-state index contributed by atoms with van der Waals surface area (Å²) >= 11 is 5.71. The number of hydrogen-bond donors (Lipinski definition) is 1. The highest BCUT2D eigenvalue weighted by Gasteiger charge is 2.21. The third-order valence-corrected chi connectivity index (χ3v) is 3.74. The average molecular weight is 271 g/mol. The Bertz CT molecular complexity index is 391. The molecule has 1 N–H and O–H groups in total. The third-order valence-electron chi connectivity index (χ3n) is 3.43. The Morgan fingerprint density at radius 2 is 2.33 bits per heavy atom. The van der Waals surface area contributed by atoms with Gasteiger partial charge in [-0.05, 0) is 43.6 Å². The van der Waals surface area contributed by atoms with Crippen LogP contribution in [0, 0.1) is 5.82 Å². The first-order chi connectivity index (χ1) is 8.70. The Kier molecular flexibility index (Phi) is 4.98. The zero-order valence-corrected chi connectivity index (χ0v) is 11.5. The summed E-state index contributed by atoms with van der Waals surface area (Å²) in [6, 6.07) is 5.68. The van der Waals surface area contributed by atoms with Gasteiger partial charge < -0.3 is 5.32 Å². The second kappa shape index (κ2) is 6.50. The lowest BCUT2D eigenvalue weighted by atomic mass is 10.1. The van der Waals surface area contributed by atoms with Crippen LogP contribution in [0.2, 0.25) is 5.02 Å². The molecule has 1 aromatic rings. The molecule has 1 heterocycles. The normalized spacial score (nSPS) is 19.7. The molecule has 0 aromatic heterocycles. The predicted octanol–water partition coefficient (Wildman–Crippen LogP) is 3.05. The van der Waals surface area contributed by atoms with Gasteiger partial charge in [0.25, 0.3) is 0 Å². The molecule has 0 saturated carbocycles. The van der Waals surface area contributed by atoms with Crippen molar-refractivity contribution >= 4 is 11.6 Å². The summed E-state index contributed by atoms with van der Waals surface area (Å²) in [5, 5.41) is 3.58. The van der Waals surface area contributed by atoms with Gasteiger partial charge >= 0.3 is 0 Å². The van der Waals surface area contributed by atoms with E-state index in [4.69, 9.17) is 11.6 Å². The summed E-state index contributed by atoms with van der Waals surface area (Å²) in [4.78, 5) is 2.43. The van der Waals surface area contributed by atoms with Crippen LogP contribution in [0.15, 0.2) is 18.2 Å². The zero-order chi connectivity index (χ0) is 13.0. The second-order valence-electron chi connectivity index (χ2n) is 4.87. The van der Waals surface area contributed by atoms with Crippen LogP contribution in [0.25, 0.3) is 0 Å². The Balaban J connectivity index is 2.04. The molecule has 0 radical (unpaired) electrons. The number of benzene rings is 1.